The van der Waals surface area contributed by atoms with Gasteiger partial charge < -0.3 is 14.7 Å². The van der Waals surface area contributed by atoms with Crippen LogP contribution in [0.4, 0.5) is 0 Å². The Balaban J connectivity index is 2.09. The van der Waals surface area contributed by atoms with E-state index < -0.39 is 24.7 Å². The van der Waals surface area contributed by atoms with Crippen molar-refractivity contribution in [2.75, 3.05) is 13.2 Å². The highest BCUT2D eigenvalue weighted by atomic mass is 35.5. The van der Waals surface area contributed by atoms with Crippen LogP contribution < -0.4 is 0 Å². The number of benzene rings is 2. The van der Waals surface area contributed by atoms with Crippen molar-refractivity contribution in [2.45, 2.75) is 19.1 Å². The Kier molecular flexibility index (Phi) is 5.51. The summed E-state index contributed by atoms with van der Waals surface area (Å²) in [4.78, 5) is 25.1. The molecule has 7 heteroatoms. The molecule has 0 saturated carbocycles. The van der Waals surface area contributed by atoms with Crippen molar-refractivity contribution in [3.63, 3.8) is 0 Å². The highest BCUT2D eigenvalue weighted by molar-refractivity contribution is 6.30. The molecular weight excluding hydrogens is 377 g/mol. The first kappa shape index (κ1) is 18.7. The molecule has 3 rings (SSSR count). The van der Waals surface area contributed by atoms with E-state index in [-0.39, 0.29) is 12.5 Å². The monoisotopic (exact) mass is 393 g/mol. The Morgan fingerprint density at radius 2 is 1.85 bits per heavy atom. The Labute approximate surface area is 161 Å². The van der Waals surface area contributed by atoms with Gasteiger partial charge in [0.15, 0.2) is 0 Å². The normalized spacial score (nSPS) is 20.3. The summed E-state index contributed by atoms with van der Waals surface area (Å²) in [6.45, 7) is 1.32. The molecule has 2 atom stereocenters. The largest absolute Gasteiger partial charge is 0.480 e. The first-order chi connectivity index (χ1) is 12.4. The molecule has 0 aliphatic carbocycles. The summed E-state index contributed by atoms with van der Waals surface area (Å²) in [5, 5.41) is 10.4. The fraction of sp³-hybridized carbons (Fsp3) is 0.263. The van der Waals surface area contributed by atoms with Crippen molar-refractivity contribution in [1.82, 2.24) is 4.90 Å². The third-order valence-corrected chi connectivity index (χ3v) is 4.87. The van der Waals surface area contributed by atoms with Gasteiger partial charge in [0.2, 0.25) is 5.91 Å². The number of aliphatic carboxylic acids is 1. The van der Waals surface area contributed by atoms with E-state index in [1.165, 1.54) is 4.90 Å². The van der Waals surface area contributed by atoms with Gasteiger partial charge in [0.05, 0.1) is 6.04 Å². The van der Waals surface area contributed by atoms with Crippen molar-refractivity contribution in [3.8, 4) is 0 Å². The summed E-state index contributed by atoms with van der Waals surface area (Å²) in [5.74, 6) is -1.44. The summed E-state index contributed by atoms with van der Waals surface area (Å²) >= 11 is 12.0. The Hall–Kier alpha value is -2.08. The van der Waals surface area contributed by atoms with E-state index >= 15 is 0 Å². The lowest BCUT2D eigenvalue weighted by Crippen LogP contribution is -2.47. The molecule has 2 unspecified atom stereocenters. The number of rotatable bonds is 4. The second-order valence-electron chi connectivity index (χ2n) is 6.14. The average molecular weight is 394 g/mol. The maximum atomic E-state index is 12.4. The zero-order valence-corrected chi connectivity index (χ0v) is 15.5. The standard InChI is InChI=1S/C19H17Cl2NO4/c1-11-8-14(21)6-7-15(11)19-18(12-2-4-13(20)5-3-12)22(9-17(24)25)16(23)10-26-19/h2-8,18-19H,9-10H2,1H3,(H,24,25). The Morgan fingerprint density at radius 1 is 1.19 bits per heavy atom. The summed E-state index contributed by atoms with van der Waals surface area (Å²) in [6, 6.07) is 11.8. The van der Waals surface area contributed by atoms with Gasteiger partial charge in [0.1, 0.15) is 19.3 Å². The van der Waals surface area contributed by atoms with E-state index in [1.54, 1.807) is 30.3 Å². The van der Waals surface area contributed by atoms with Crippen LogP contribution in [0.3, 0.4) is 0 Å². The van der Waals surface area contributed by atoms with Crippen molar-refractivity contribution in [3.05, 3.63) is 69.2 Å². The number of carbonyl (C=O) groups is 2. The zero-order chi connectivity index (χ0) is 18.8. The summed E-state index contributed by atoms with van der Waals surface area (Å²) < 4.78 is 5.85. The summed E-state index contributed by atoms with van der Waals surface area (Å²) in [5.41, 5.74) is 2.52. The number of morpholine rings is 1. The minimum absolute atomic E-state index is 0.176. The number of carboxylic acids is 1. The Morgan fingerprint density at radius 3 is 2.46 bits per heavy atom. The first-order valence-corrected chi connectivity index (χ1v) is 8.77. The van der Waals surface area contributed by atoms with Crippen LogP contribution in [0.5, 0.6) is 0 Å². The van der Waals surface area contributed by atoms with E-state index in [2.05, 4.69) is 0 Å². The number of aryl methyl sites for hydroxylation is 1. The molecule has 0 aromatic heterocycles. The Bertz CT molecular complexity index is 838. The van der Waals surface area contributed by atoms with Gasteiger partial charge in [-0.15, -0.1) is 0 Å². The second kappa shape index (κ2) is 7.66. The molecule has 5 nitrogen and oxygen atoms in total. The molecular formula is C19H17Cl2NO4. The van der Waals surface area contributed by atoms with E-state index in [0.717, 1.165) is 16.7 Å². The predicted octanol–water partition coefficient (Wildman–Crippen LogP) is 4.03. The fourth-order valence-corrected chi connectivity index (χ4v) is 3.57. The number of hydrogen-bond donors (Lipinski definition) is 1. The number of ether oxygens (including phenoxy) is 1. The zero-order valence-electron chi connectivity index (χ0n) is 14.0. The topological polar surface area (TPSA) is 66.8 Å². The lowest BCUT2D eigenvalue weighted by molar-refractivity contribution is -0.164. The smallest absolute Gasteiger partial charge is 0.323 e. The van der Waals surface area contributed by atoms with Gasteiger partial charge in [0.25, 0.3) is 0 Å². The van der Waals surface area contributed by atoms with Crippen molar-refractivity contribution in [1.29, 1.82) is 0 Å². The average Bonchev–Trinajstić information content (AvgIpc) is 2.58. The van der Waals surface area contributed by atoms with Gasteiger partial charge in [-0.1, -0.05) is 41.4 Å². The van der Waals surface area contributed by atoms with Gasteiger partial charge in [-0.25, -0.2) is 0 Å². The second-order valence-corrected chi connectivity index (χ2v) is 7.02. The van der Waals surface area contributed by atoms with E-state index in [9.17, 15) is 14.7 Å². The molecule has 136 valence electrons. The van der Waals surface area contributed by atoms with Crippen LogP contribution in [-0.2, 0) is 14.3 Å². The van der Waals surface area contributed by atoms with Crippen LogP contribution >= 0.6 is 23.2 Å². The SMILES string of the molecule is Cc1cc(Cl)ccc1C1OCC(=O)N(CC(=O)O)C1c1ccc(Cl)cc1. The highest BCUT2D eigenvalue weighted by Gasteiger charge is 2.40. The first-order valence-electron chi connectivity index (χ1n) is 8.01. The van der Waals surface area contributed by atoms with Gasteiger partial charge in [-0.05, 0) is 47.9 Å². The minimum Gasteiger partial charge on any atom is -0.480 e. The molecule has 1 aliphatic rings. The number of carbonyl (C=O) groups excluding carboxylic acids is 1. The quantitative estimate of drug-likeness (QED) is 0.851. The minimum atomic E-state index is -1.08. The van der Waals surface area contributed by atoms with Crippen LogP contribution in [0, 0.1) is 6.92 Å². The van der Waals surface area contributed by atoms with E-state index in [4.69, 9.17) is 27.9 Å². The molecule has 1 aliphatic heterocycles. The molecule has 0 spiro atoms. The fourth-order valence-electron chi connectivity index (χ4n) is 3.22. The molecule has 1 saturated heterocycles. The van der Waals surface area contributed by atoms with Gasteiger partial charge in [-0.2, -0.15) is 0 Å². The lowest BCUT2D eigenvalue weighted by Gasteiger charge is -2.41. The molecule has 0 bridgehead atoms. The molecule has 1 heterocycles. The molecule has 0 radical (unpaired) electrons. The molecule has 1 amide bonds. The van der Waals surface area contributed by atoms with Crippen LogP contribution in [0.2, 0.25) is 10.0 Å². The maximum Gasteiger partial charge on any atom is 0.323 e. The summed E-state index contributed by atoms with van der Waals surface area (Å²) in [6.07, 6.45) is -0.509. The van der Waals surface area contributed by atoms with Crippen LogP contribution in [-0.4, -0.2) is 35.0 Å². The van der Waals surface area contributed by atoms with Gasteiger partial charge in [-0.3, -0.25) is 9.59 Å². The number of nitrogens with zero attached hydrogens (tertiary/aromatic N) is 1. The van der Waals surface area contributed by atoms with Gasteiger partial charge >= 0.3 is 5.97 Å². The molecule has 1 N–H and O–H groups in total. The number of hydrogen-bond acceptors (Lipinski definition) is 3. The lowest BCUT2D eigenvalue weighted by atomic mass is 9.90. The van der Waals surface area contributed by atoms with Crippen molar-refractivity contribution >= 4 is 35.1 Å². The van der Waals surface area contributed by atoms with E-state index in [1.807, 2.05) is 19.1 Å². The van der Waals surface area contributed by atoms with Crippen LogP contribution in [0.15, 0.2) is 42.5 Å². The number of amides is 1. The van der Waals surface area contributed by atoms with Gasteiger partial charge in [0, 0.05) is 10.0 Å². The molecule has 26 heavy (non-hydrogen) atoms. The van der Waals surface area contributed by atoms with Crippen LogP contribution in [0.25, 0.3) is 0 Å². The van der Waals surface area contributed by atoms with Crippen molar-refractivity contribution in [2.24, 2.45) is 0 Å². The van der Waals surface area contributed by atoms with Crippen molar-refractivity contribution < 1.29 is 19.4 Å². The highest BCUT2D eigenvalue weighted by Crippen LogP contribution is 2.41. The number of carboxylic acid groups (broad SMARTS) is 1. The number of halogens is 2. The van der Waals surface area contributed by atoms with E-state index in [0.29, 0.717) is 10.0 Å². The molecule has 2 aromatic carbocycles. The molecule has 1 fully saturated rings. The maximum absolute atomic E-state index is 12.4. The molecule has 2 aromatic rings. The van der Waals surface area contributed by atoms with Crippen LogP contribution in [0.1, 0.15) is 28.8 Å². The third-order valence-electron chi connectivity index (χ3n) is 4.38. The third kappa shape index (κ3) is 3.85. The summed E-state index contributed by atoms with van der Waals surface area (Å²) in [7, 11) is 0. The predicted molar refractivity (Wildman–Crippen MR) is 98.4 cm³/mol.